The third-order valence-corrected chi connectivity index (χ3v) is 3.83. The van der Waals surface area contributed by atoms with Crippen LogP contribution in [-0.4, -0.2) is 44.7 Å². The maximum atomic E-state index is 5.43. The summed E-state index contributed by atoms with van der Waals surface area (Å²) >= 11 is 0. The van der Waals surface area contributed by atoms with Crippen LogP contribution in [0.25, 0.3) is 0 Å². The molecular weight excluding hydrogens is 377 g/mol. The van der Waals surface area contributed by atoms with Crippen LogP contribution in [0.4, 0.5) is 0 Å². The summed E-state index contributed by atoms with van der Waals surface area (Å²) in [6.07, 6.45) is 1.15. The van der Waals surface area contributed by atoms with Gasteiger partial charge in [-0.25, -0.2) is 0 Å². The van der Waals surface area contributed by atoms with Gasteiger partial charge >= 0.3 is 0 Å². The van der Waals surface area contributed by atoms with E-state index in [0.29, 0.717) is 5.92 Å². The fourth-order valence-corrected chi connectivity index (χ4v) is 2.57. The summed E-state index contributed by atoms with van der Waals surface area (Å²) in [6, 6.07) is 8.44. The Morgan fingerprint density at radius 1 is 1.43 bits per heavy atom. The number of aliphatic imine (C=N–C) groups is 1. The molecule has 0 bridgehead atoms. The van der Waals surface area contributed by atoms with Gasteiger partial charge in [-0.2, -0.15) is 0 Å². The molecule has 1 saturated heterocycles. The van der Waals surface area contributed by atoms with E-state index in [0.717, 1.165) is 38.7 Å². The van der Waals surface area contributed by atoms with Gasteiger partial charge in [0.2, 0.25) is 0 Å². The lowest BCUT2D eigenvalue weighted by Crippen LogP contribution is -2.41. The maximum absolute atomic E-state index is 5.43. The van der Waals surface area contributed by atoms with Gasteiger partial charge in [0.05, 0.1) is 6.61 Å². The first-order chi connectivity index (χ1) is 9.70. The topological polar surface area (TPSA) is 36.9 Å². The average Bonchev–Trinajstić information content (AvgIpc) is 2.94. The third-order valence-electron chi connectivity index (χ3n) is 3.83. The first kappa shape index (κ1) is 18.2. The molecule has 5 heteroatoms. The summed E-state index contributed by atoms with van der Waals surface area (Å²) in [5.74, 6) is 1.57. The third kappa shape index (κ3) is 5.47. The summed E-state index contributed by atoms with van der Waals surface area (Å²) in [5, 5.41) is 3.44. The number of nitrogens with one attached hydrogen (secondary N) is 1. The van der Waals surface area contributed by atoms with E-state index >= 15 is 0 Å². The van der Waals surface area contributed by atoms with Gasteiger partial charge in [0.15, 0.2) is 5.96 Å². The van der Waals surface area contributed by atoms with E-state index in [9.17, 15) is 0 Å². The van der Waals surface area contributed by atoms with Gasteiger partial charge in [-0.1, -0.05) is 24.3 Å². The average molecular weight is 403 g/mol. The van der Waals surface area contributed by atoms with Gasteiger partial charge in [0, 0.05) is 39.7 Å². The van der Waals surface area contributed by atoms with Crippen LogP contribution in [0, 0.1) is 12.8 Å². The second-order valence-electron chi connectivity index (χ2n) is 5.44. The van der Waals surface area contributed by atoms with Crippen LogP contribution in [0.5, 0.6) is 0 Å². The highest BCUT2D eigenvalue weighted by molar-refractivity contribution is 14.0. The Morgan fingerprint density at radius 2 is 2.19 bits per heavy atom. The summed E-state index contributed by atoms with van der Waals surface area (Å²) in [7, 11) is 3.92. The van der Waals surface area contributed by atoms with E-state index in [2.05, 4.69) is 53.4 Å². The van der Waals surface area contributed by atoms with E-state index in [1.807, 2.05) is 7.05 Å². The highest BCUT2D eigenvalue weighted by Gasteiger charge is 2.18. The Hall–Kier alpha value is -0.820. The van der Waals surface area contributed by atoms with Crippen molar-refractivity contribution in [2.45, 2.75) is 19.9 Å². The number of halogens is 1. The predicted octanol–water partition coefficient (Wildman–Crippen LogP) is 2.66. The highest BCUT2D eigenvalue weighted by Crippen LogP contribution is 2.13. The Morgan fingerprint density at radius 3 is 2.81 bits per heavy atom. The minimum Gasteiger partial charge on any atom is -0.381 e. The summed E-state index contributed by atoms with van der Waals surface area (Å²) in [5.41, 5.74) is 2.62. The number of ether oxygens (including phenoxy) is 1. The molecule has 21 heavy (non-hydrogen) atoms. The van der Waals surface area contributed by atoms with Crippen molar-refractivity contribution in [1.29, 1.82) is 0 Å². The normalized spacial score (nSPS) is 18.2. The van der Waals surface area contributed by atoms with Crippen LogP contribution in [0.2, 0.25) is 0 Å². The molecule has 118 valence electrons. The summed E-state index contributed by atoms with van der Waals surface area (Å²) in [6.45, 7) is 5.71. The number of guanidine groups is 1. The van der Waals surface area contributed by atoms with E-state index in [4.69, 9.17) is 4.74 Å². The van der Waals surface area contributed by atoms with Crippen molar-refractivity contribution in [2.75, 3.05) is 33.9 Å². The largest absolute Gasteiger partial charge is 0.381 e. The molecule has 0 aliphatic carbocycles. The molecule has 0 spiro atoms. The maximum Gasteiger partial charge on any atom is 0.193 e. The molecule has 1 aromatic carbocycles. The molecule has 4 nitrogen and oxygen atoms in total. The molecule has 1 aliphatic rings. The quantitative estimate of drug-likeness (QED) is 0.477. The van der Waals surface area contributed by atoms with Crippen molar-refractivity contribution in [3.63, 3.8) is 0 Å². The minimum absolute atomic E-state index is 0. The Kier molecular flexibility index (Phi) is 8.03. The van der Waals surface area contributed by atoms with Gasteiger partial charge in [-0.3, -0.25) is 4.99 Å². The zero-order valence-corrected chi connectivity index (χ0v) is 15.5. The van der Waals surface area contributed by atoms with E-state index in [1.54, 1.807) is 0 Å². The lowest BCUT2D eigenvalue weighted by molar-refractivity contribution is 0.181. The number of hydrogen-bond donors (Lipinski definition) is 1. The number of benzene rings is 1. The Bertz CT molecular complexity index is 459. The van der Waals surface area contributed by atoms with Crippen molar-refractivity contribution in [3.05, 3.63) is 35.4 Å². The highest BCUT2D eigenvalue weighted by atomic mass is 127. The molecule has 2 rings (SSSR count). The standard InChI is InChI=1S/C16H25N3O.HI/c1-13-6-4-5-7-15(13)10-18-16(17-2)19(3)11-14-8-9-20-12-14;/h4-7,14H,8-12H2,1-3H3,(H,17,18);1H. The van der Waals surface area contributed by atoms with E-state index in [1.165, 1.54) is 11.1 Å². The number of hydrogen-bond acceptors (Lipinski definition) is 2. The molecule has 0 aromatic heterocycles. The zero-order valence-electron chi connectivity index (χ0n) is 13.1. The SMILES string of the molecule is CN=C(NCc1ccccc1C)N(C)CC1CCOC1.I. The van der Waals surface area contributed by atoms with E-state index in [-0.39, 0.29) is 24.0 Å². The van der Waals surface area contributed by atoms with Crippen LogP contribution >= 0.6 is 24.0 Å². The molecule has 1 fully saturated rings. The van der Waals surface area contributed by atoms with Gasteiger partial charge in [-0.05, 0) is 24.5 Å². The summed E-state index contributed by atoms with van der Waals surface area (Å²) in [4.78, 5) is 6.56. The molecule has 1 aromatic rings. The van der Waals surface area contributed by atoms with Crippen molar-refractivity contribution in [3.8, 4) is 0 Å². The fourth-order valence-electron chi connectivity index (χ4n) is 2.57. The first-order valence-corrected chi connectivity index (χ1v) is 7.24. The van der Waals surface area contributed by atoms with E-state index < -0.39 is 0 Å². The summed E-state index contributed by atoms with van der Waals surface area (Å²) < 4.78 is 5.43. The lowest BCUT2D eigenvalue weighted by Gasteiger charge is -2.24. The predicted molar refractivity (Wildman–Crippen MR) is 98.3 cm³/mol. The number of aryl methyl sites for hydroxylation is 1. The lowest BCUT2D eigenvalue weighted by atomic mass is 10.1. The number of nitrogens with zero attached hydrogens (tertiary/aromatic N) is 2. The molecular formula is C16H26IN3O. The van der Waals surface area contributed by atoms with Crippen LogP contribution < -0.4 is 5.32 Å². The Balaban J connectivity index is 0.00000220. The van der Waals surface area contributed by atoms with Crippen LogP contribution in [0.3, 0.4) is 0 Å². The van der Waals surface area contributed by atoms with Crippen molar-refractivity contribution >= 4 is 29.9 Å². The van der Waals surface area contributed by atoms with Gasteiger partial charge in [0.25, 0.3) is 0 Å². The van der Waals surface area contributed by atoms with Crippen molar-refractivity contribution < 1.29 is 4.74 Å². The zero-order chi connectivity index (χ0) is 14.4. The first-order valence-electron chi connectivity index (χ1n) is 7.24. The molecule has 1 heterocycles. The molecule has 1 N–H and O–H groups in total. The smallest absolute Gasteiger partial charge is 0.193 e. The Labute approximate surface area is 145 Å². The second-order valence-corrected chi connectivity index (χ2v) is 5.44. The van der Waals surface area contributed by atoms with Crippen LogP contribution in [0.15, 0.2) is 29.3 Å². The van der Waals surface area contributed by atoms with Crippen molar-refractivity contribution in [2.24, 2.45) is 10.9 Å². The number of rotatable bonds is 4. The fraction of sp³-hybridized carbons (Fsp3) is 0.562. The molecule has 0 amide bonds. The van der Waals surface area contributed by atoms with Crippen LogP contribution in [-0.2, 0) is 11.3 Å². The van der Waals surface area contributed by atoms with Gasteiger partial charge in [-0.15, -0.1) is 24.0 Å². The molecule has 0 saturated carbocycles. The molecule has 1 unspecified atom stereocenters. The molecule has 0 radical (unpaired) electrons. The molecule has 1 atom stereocenters. The molecule has 1 aliphatic heterocycles. The van der Waals surface area contributed by atoms with Crippen LogP contribution in [0.1, 0.15) is 17.5 Å². The minimum atomic E-state index is 0. The van der Waals surface area contributed by atoms with Crippen molar-refractivity contribution in [1.82, 2.24) is 10.2 Å². The monoisotopic (exact) mass is 403 g/mol. The van der Waals surface area contributed by atoms with Gasteiger partial charge in [0.1, 0.15) is 0 Å². The van der Waals surface area contributed by atoms with Gasteiger partial charge < -0.3 is 15.0 Å². The second kappa shape index (κ2) is 9.25.